The summed E-state index contributed by atoms with van der Waals surface area (Å²) in [5, 5.41) is 9.76. The Morgan fingerprint density at radius 3 is 2.69 bits per heavy atom. The van der Waals surface area contributed by atoms with Crippen molar-refractivity contribution in [2.24, 2.45) is 0 Å². The fourth-order valence-corrected chi connectivity index (χ4v) is 5.13. The molecule has 0 radical (unpaired) electrons. The van der Waals surface area contributed by atoms with E-state index in [1.807, 2.05) is 13.0 Å². The second kappa shape index (κ2) is 7.76. The molecule has 1 aromatic heterocycles. The molecule has 2 heterocycles. The van der Waals surface area contributed by atoms with E-state index in [-0.39, 0.29) is 10.8 Å². The van der Waals surface area contributed by atoms with Gasteiger partial charge in [-0.15, -0.1) is 0 Å². The number of H-pyrrole nitrogens is 1. The van der Waals surface area contributed by atoms with E-state index in [9.17, 15) is 13.2 Å². The monoisotopic (exact) mass is 411 g/mol. The molecule has 0 bridgehead atoms. The number of hydrogen-bond donors (Lipinski definition) is 2. The molecule has 1 amide bonds. The van der Waals surface area contributed by atoms with E-state index in [1.165, 1.54) is 4.31 Å². The quantitative estimate of drug-likeness (QED) is 0.671. The number of carbonyl (C=O) groups excluding carboxylic acids is 1. The van der Waals surface area contributed by atoms with Crippen LogP contribution in [-0.2, 0) is 14.8 Å². The number of rotatable bonds is 5. The fraction of sp³-hybridized carbons (Fsp3) is 0.250. The zero-order valence-electron chi connectivity index (χ0n) is 15.9. The summed E-state index contributed by atoms with van der Waals surface area (Å²) in [6.07, 6.45) is 1.12. The Morgan fingerprint density at radius 1 is 1.17 bits per heavy atom. The first kappa shape index (κ1) is 19.3. The van der Waals surface area contributed by atoms with Gasteiger partial charge in [0.25, 0.3) is 0 Å². The van der Waals surface area contributed by atoms with Gasteiger partial charge in [0, 0.05) is 17.8 Å². The van der Waals surface area contributed by atoms with Crippen molar-refractivity contribution in [1.29, 1.82) is 0 Å². The first-order chi connectivity index (χ1) is 13.9. The Bertz CT molecular complexity index is 1130. The van der Waals surface area contributed by atoms with Crippen molar-refractivity contribution in [2.75, 3.05) is 11.9 Å². The van der Waals surface area contributed by atoms with Gasteiger partial charge in [0.15, 0.2) is 5.82 Å². The van der Waals surface area contributed by atoms with Gasteiger partial charge >= 0.3 is 0 Å². The molecular weight excluding hydrogens is 390 g/mol. The molecule has 1 saturated heterocycles. The minimum atomic E-state index is -3.73. The van der Waals surface area contributed by atoms with Crippen LogP contribution in [0.1, 0.15) is 18.7 Å². The van der Waals surface area contributed by atoms with Crippen molar-refractivity contribution in [3.63, 3.8) is 0 Å². The Labute approximate surface area is 169 Å². The van der Waals surface area contributed by atoms with E-state index in [0.29, 0.717) is 36.7 Å². The summed E-state index contributed by atoms with van der Waals surface area (Å²) < 4.78 is 27.2. The summed E-state index contributed by atoms with van der Waals surface area (Å²) in [6.45, 7) is 2.13. The second-order valence-corrected chi connectivity index (χ2v) is 8.79. The van der Waals surface area contributed by atoms with Gasteiger partial charge in [-0.1, -0.05) is 30.3 Å². The molecule has 8 nitrogen and oxygen atoms in total. The van der Waals surface area contributed by atoms with E-state index in [0.717, 1.165) is 5.56 Å². The van der Waals surface area contributed by atoms with Crippen molar-refractivity contribution in [1.82, 2.24) is 19.5 Å². The summed E-state index contributed by atoms with van der Waals surface area (Å²) in [4.78, 5) is 17.4. The fourth-order valence-electron chi connectivity index (χ4n) is 3.45. The average Bonchev–Trinajstić information content (AvgIpc) is 3.38. The summed E-state index contributed by atoms with van der Waals surface area (Å²) in [7, 11) is -3.73. The minimum Gasteiger partial charge on any atom is -0.325 e. The molecule has 0 saturated carbocycles. The molecule has 2 aromatic carbocycles. The van der Waals surface area contributed by atoms with Crippen LogP contribution in [0.3, 0.4) is 0 Å². The number of benzene rings is 2. The third kappa shape index (κ3) is 3.92. The molecule has 2 N–H and O–H groups in total. The van der Waals surface area contributed by atoms with Crippen LogP contribution in [0.15, 0.2) is 59.5 Å². The van der Waals surface area contributed by atoms with Crippen molar-refractivity contribution in [3.8, 4) is 11.4 Å². The lowest BCUT2D eigenvalue weighted by Crippen LogP contribution is -2.43. The van der Waals surface area contributed by atoms with Crippen molar-refractivity contribution < 1.29 is 13.2 Å². The molecule has 0 spiro atoms. The van der Waals surface area contributed by atoms with Gasteiger partial charge in [0.1, 0.15) is 11.9 Å². The zero-order chi connectivity index (χ0) is 20.4. The van der Waals surface area contributed by atoms with Crippen molar-refractivity contribution >= 4 is 21.6 Å². The summed E-state index contributed by atoms with van der Waals surface area (Å²) >= 11 is 0. The number of anilines is 1. The highest BCUT2D eigenvalue weighted by Crippen LogP contribution is 2.27. The summed E-state index contributed by atoms with van der Waals surface area (Å²) in [5.41, 5.74) is 1.33. The van der Waals surface area contributed by atoms with E-state index in [1.54, 1.807) is 48.5 Å². The maximum Gasteiger partial charge on any atom is 0.243 e. The molecule has 150 valence electrons. The molecule has 4 rings (SSSR count). The number of amides is 1. The van der Waals surface area contributed by atoms with Gasteiger partial charge in [0.05, 0.1) is 4.90 Å². The molecule has 0 aliphatic carbocycles. The van der Waals surface area contributed by atoms with Crippen LogP contribution >= 0.6 is 0 Å². The largest absolute Gasteiger partial charge is 0.325 e. The topological polar surface area (TPSA) is 108 Å². The van der Waals surface area contributed by atoms with E-state index in [2.05, 4.69) is 20.5 Å². The van der Waals surface area contributed by atoms with Crippen LogP contribution in [-0.4, -0.2) is 46.4 Å². The van der Waals surface area contributed by atoms with Gasteiger partial charge in [-0.3, -0.25) is 9.89 Å². The smallest absolute Gasteiger partial charge is 0.243 e. The van der Waals surface area contributed by atoms with Crippen molar-refractivity contribution in [3.05, 3.63) is 60.4 Å². The van der Waals surface area contributed by atoms with Gasteiger partial charge in [-0.2, -0.15) is 9.40 Å². The number of aromatic nitrogens is 3. The number of aromatic amines is 1. The Morgan fingerprint density at radius 2 is 1.97 bits per heavy atom. The standard InChI is InChI=1S/C20H21N5O3S/c1-14-21-19(24-23-14)15-7-5-8-16(13-15)22-20(26)18-11-6-12-25(18)29(27,28)17-9-3-2-4-10-17/h2-5,7-10,13,18H,6,11-12H2,1H3,(H,22,26)(H,21,23,24). The predicted molar refractivity (Wildman–Crippen MR) is 109 cm³/mol. The van der Waals surface area contributed by atoms with E-state index in [4.69, 9.17) is 0 Å². The zero-order valence-corrected chi connectivity index (χ0v) is 16.7. The molecule has 1 fully saturated rings. The summed E-state index contributed by atoms with van der Waals surface area (Å²) in [6, 6.07) is 14.6. The first-order valence-corrected chi connectivity index (χ1v) is 10.8. The van der Waals surface area contributed by atoms with Gasteiger partial charge < -0.3 is 5.32 Å². The SMILES string of the molecule is Cc1nc(-c2cccc(NC(=O)C3CCCN3S(=O)(=O)c3ccccc3)c2)n[nH]1. The van der Waals surface area contributed by atoms with E-state index >= 15 is 0 Å². The lowest BCUT2D eigenvalue weighted by Gasteiger charge is -2.23. The highest BCUT2D eigenvalue weighted by Gasteiger charge is 2.39. The van der Waals surface area contributed by atoms with Crippen LogP contribution in [0, 0.1) is 6.92 Å². The predicted octanol–water partition coefficient (Wildman–Crippen LogP) is 2.57. The number of sulfonamides is 1. The number of hydrogen-bond acceptors (Lipinski definition) is 5. The maximum atomic E-state index is 13.0. The second-order valence-electron chi connectivity index (χ2n) is 6.90. The minimum absolute atomic E-state index is 0.196. The molecule has 1 unspecified atom stereocenters. The number of carbonyl (C=O) groups is 1. The molecule has 1 aliphatic rings. The van der Waals surface area contributed by atoms with Crippen LogP contribution in [0.5, 0.6) is 0 Å². The van der Waals surface area contributed by atoms with Crippen LogP contribution in [0.4, 0.5) is 5.69 Å². The molecular formula is C20H21N5O3S. The normalized spacial score (nSPS) is 17.3. The first-order valence-electron chi connectivity index (χ1n) is 9.32. The molecule has 3 aromatic rings. The molecule has 29 heavy (non-hydrogen) atoms. The van der Waals surface area contributed by atoms with Gasteiger partial charge in [0.2, 0.25) is 15.9 Å². The number of nitrogens with one attached hydrogen (secondary N) is 2. The highest BCUT2D eigenvalue weighted by atomic mass is 32.2. The number of aryl methyl sites for hydroxylation is 1. The third-order valence-corrected chi connectivity index (χ3v) is 6.76. The van der Waals surface area contributed by atoms with Crippen LogP contribution in [0.2, 0.25) is 0 Å². The summed E-state index contributed by atoms with van der Waals surface area (Å²) in [5.74, 6) is 0.889. The van der Waals surface area contributed by atoms with Gasteiger partial charge in [-0.05, 0) is 44.0 Å². The van der Waals surface area contributed by atoms with E-state index < -0.39 is 16.1 Å². The molecule has 9 heteroatoms. The van der Waals surface area contributed by atoms with Gasteiger partial charge in [-0.25, -0.2) is 13.4 Å². The van der Waals surface area contributed by atoms with Crippen LogP contribution < -0.4 is 5.32 Å². The lowest BCUT2D eigenvalue weighted by molar-refractivity contribution is -0.119. The van der Waals surface area contributed by atoms with Crippen molar-refractivity contribution in [2.45, 2.75) is 30.7 Å². The Hall–Kier alpha value is -3.04. The molecule has 1 aliphatic heterocycles. The lowest BCUT2D eigenvalue weighted by atomic mass is 10.1. The average molecular weight is 411 g/mol. The molecule has 1 atom stereocenters. The highest BCUT2D eigenvalue weighted by molar-refractivity contribution is 7.89. The Balaban J connectivity index is 1.54. The third-order valence-electron chi connectivity index (χ3n) is 4.84. The number of nitrogens with zero attached hydrogens (tertiary/aromatic N) is 3. The maximum absolute atomic E-state index is 13.0. The Kier molecular flexibility index (Phi) is 5.16. The van der Waals surface area contributed by atoms with Crippen LogP contribution in [0.25, 0.3) is 11.4 Å².